The van der Waals surface area contributed by atoms with E-state index in [9.17, 15) is 8.42 Å². The van der Waals surface area contributed by atoms with Crippen LogP contribution >= 0.6 is 0 Å². The highest BCUT2D eigenvalue weighted by Gasteiger charge is 2.28. The Morgan fingerprint density at radius 1 is 1.19 bits per heavy atom. The first-order chi connectivity index (χ1) is 13.0. The van der Waals surface area contributed by atoms with Crippen molar-refractivity contribution < 1.29 is 8.42 Å². The predicted molar refractivity (Wildman–Crippen MR) is 104 cm³/mol. The van der Waals surface area contributed by atoms with Gasteiger partial charge in [0.1, 0.15) is 11.6 Å². The van der Waals surface area contributed by atoms with Gasteiger partial charge in [-0.25, -0.2) is 18.1 Å². The molecule has 9 heteroatoms. The van der Waals surface area contributed by atoms with E-state index in [2.05, 4.69) is 20.7 Å². The summed E-state index contributed by atoms with van der Waals surface area (Å²) in [6.45, 7) is 3.29. The summed E-state index contributed by atoms with van der Waals surface area (Å²) in [6, 6.07) is 0.731. The summed E-state index contributed by atoms with van der Waals surface area (Å²) >= 11 is 0. The molecule has 0 bridgehead atoms. The van der Waals surface area contributed by atoms with Gasteiger partial charge in [-0.3, -0.25) is 4.99 Å². The molecule has 150 valence electrons. The van der Waals surface area contributed by atoms with Crippen molar-refractivity contribution in [1.82, 2.24) is 25.4 Å². The second-order valence-electron chi connectivity index (χ2n) is 8.22. The molecule has 1 aliphatic carbocycles. The van der Waals surface area contributed by atoms with Gasteiger partial charge in [0.2, 0.25) is 0 Å². The van der Waals surface area contributed by atoms with E-state index in [-0.39, 0.29) is 17.7 Å². The second-order valence-corrected chi connectivity index (χ2v) is 10.5. The maximum absolute atomic E-state index is 11.7. The molecule has 1 aromatic rings. The first-order valence-corrected chi connectivity index (χ1v) is 12.0. The molecule has 2 aliphatic heterocycles. The van der Waals surface area contributed by atoms with E-state index < -0.39 is 9.84 Å². The Kier molecular flexibility index (Phi) is 5.39. The van der Waals surface area contributed by atoms with Crippen molar-refractivity contribution in [3.05, 3.63) is 11.6 Å². The summed E-state index contributed by atoms with van der Waals surface area (Å²) in [5, 5.41) is 11.6. The fourth-order valence-electron chi connectivity index (χ4n) is 4.38. The zero-order valence-electron chi connectivity index (χ0n) is 16.0. The average molecular weight is 395 g/mol. The van der Waals surface area contributed by atoms with Crippen LogP contribution in [0.5, 0.6) is 0 Å². The monoisotopic (exact) mass is 394 g/mol. The fraction of sp³-hybridized carbons (Fsp3) is 0.833. The van der Waals surface area contributed by atoms with Gasteiger partial charge in [-0.1, -0.05) is 12.8 Å². The molecule has 1 saturated carbocycles. The number of aryl methyl sites for hydroxylation is 2. The molecule has 1 saturated heterocycles. The molecule has 2 fully saturated rings. The lowest BCUT2D eigenvalue weighted by Crippen LogP contribution is -2.49. The van der Waals surface area contributed by atoms with E-state index in [4.69, 9.17) is 4.99 Å². The van der Waals surface area contributed by atoms with Crippen LogP contribution in [0.1, 0.15) is 50.2 Å². The van der Waals surface area contributed by atoms with Crippen LogP contribution < -0.4 is 10.6 Å². The topological polar surface area (TPSA) is 101 Å². The predicted octanol–water partition coefficient (Wildman–Crippen LogP) is 0.814. The number of nitrogens with one attached hydrogen (secondary N) is 2. The van der Waals surface area contributed by atoms with E-state index in [0.717, 1.165) is 43.4 Å². The molecule has 2 N–H and O–H groups in total. The molecular weight excluding hydrogens is 364 g/mol. The molecule has 2 unspecified atom stereocenters. The van der Waals surface area contributed by atoms with Gasteiger partial charge in [0.05, 0.1) is 18.1 Å². The lowest BCUT2D eigenvalue weighted by atomic mass is 10.1. The minimum absolute atomic E-state index is 0.146. The van der Waals surface area contributed by atoms with Gasteiger partial charge >= 0.3 is 0 Å². The number of fused-ring (bicyclic) bond motifs is 1. The van der Waals surface area contributed by atoms with Crippen molar-refractivity contribution in [1.29, 1.82) is 0 Å². The Balaban J connectivity index is 1.40. The van der Waals surface area contributed by atoms with Crippen molar-refractivity contribution in [3.8, 4) is 0 Å². The molecule has 3 aliphatic rings. The number of guanidine groups is 1. The first kappa shape index (κ1) is 18.7. The summed E-state index contributed by atoms with van der Waals surface area (Å²) in [6.07, 6.45) is 7.52. The van der Waals surface area contributed by atoms with E-state index in [1.165, 1.54) is 25.7 Å². The minimum Gasteiger partial charge on any atom is -0.354 e. The molecule has 8 nitrogen and oxygen atoms in total. The molecular formula is C18H30N6O2S. The maximum Gasteiger partial charge on any atom is 0.191 e. The largest absolute Gasteiger partial charge is 0.354 e. The van der Waals surface area contributed by atoms with Crippen LogP contribution in [0, 0.1) is 12.8 Å². The smallest absolute Gasteiger partial charge is 0.191 e. The van der Waals surface area contributed by atoms with Crippen LogP contribution in [-0.2, 0) is 22.8 Å². The zero-order valence-corrected chi connectivity index (χ0v) is 16.8. The van der Waals surface area contributed by atoms with Gasteiger partial charge < -0.3 is 10.6 Å². The molecule has 2 atom stereocenters. The molecule has 4 rings (SSSR count). The number of hydrogen-bond acceptors (Lipinski definition) is 5. The van der Waals surface area contributed by atoms with Crippen LogP contribution in [0.4, 0.5) is 0 Å². The zero-order chi connectivity index (χ0) is 18.9. The Labute approximate surface area is 161 Å². The molecule has 0 amide bonds. The third-order valence-corrected chi connectivity index (χ3v) is 7.67. The average Bonchev–Trinajstić information content (AvgIpc) is 3.32. The molecule has 0 aromatic carbocycles. The van der Waals surface area contributed by atoms with Crippen LogP contribution in [0.15, 0.2) is 4.99 Å². The van der Waals surface area contributed by atoms with Crippen molar-refractivity contribution in [2.75, 3.05) is 18.1 Å². The Morgan fingerprint density at radius 2 is 1.96 bits per heavy atom. The number of rotatable bonds is 4. The molecule has 3 heterocycles. The highest BCUT2D eigenvalue weighted by Crippen LogP contribution is 2.20. The molecule has 0 spiro atoms. The highest BCUT2D eigenvalue weighted by atomic mass is 32.2. The Bertz CT molecular complexity index is 797. The third-order valence-electron chi connectivity index (χ3n) is 5.84. The summed E-state index contributed by atoms with van der Waals surface area (Å²) in [7, 11) is -2.85. The number of aliphatic imine (C=N–C) groups is 1. The number of nitrogens with zero attached hydrogens (tertiary/aromatic N) is 4. The van der Waals surface area contributed by atoms with E-state index in [1.54, 1.807) is 0 Å². The van der Waals surface area contributed by atoms with Gasteiger partial charge in [0, 0.05) is 25.0 Å². The SMILES string of the molecule is Cc1nc2n(n1)CC(NC(=NCC1CCS(=O)(=O)C1)NC1CCCC1)CC2. The minimum atomic E-state index is -2.85. The number of hydrogen-bond donors (Lipinski definition) is 2. The molecule has 27 heavy (non-hydrogen) atoms. The van der Waals surface area contributed by atoms with E-state index in [0.29, 0.717) is 18.3 Å². The van der Waals surface area contributed by atoms with Crippen molar-refractivity contribution >= 4 is 15.8 Å². The quantitative estimate of drug-likeness (QED) is 0.579. The first-order valence-electron chi connectivity index (χ1n) is 10.1. The normalized spacial score (nSPS) is 28.3. The molecule has 0 radical (unpaired) electrons. The standard InChI is InChI=1S/C18H30N6O2S/c1-13-20-17-7-6-16(11-24(17)23-13)22-18(21-15-4-2-3-5-15)19-10-14-8-9-27(25,26)12-14/h14-16H,2-12H2,1H3,(H2,19,21,22). The Hall–Kier alpha value is -1.64. The third kappa shape index (κ3) is 4.80. The van der Waals surface area contributed by atoms with Crippen LogP contribution in [-0.4, -0.2) is 59.3 Å². The van der Waals surface area contributed by atoms with Crippen LogP contribution in [0.2, 0.25) is 0 Å². The van der Waals surface area contributed by atoms with Crippen molar-refractivity contribution in [2.45, 2.75) is 70.5 Å². The number of aromatic nitrogens is 3. The van der Waals surface area contributed by atoms with E-state index >= 15 is 0 Å². The van der Waals surface area contributed by atoms with Gasteiger partial charge in [-0.2, -0.15) is 5.10 Å². The lowest BCUT2D eigenvalue weighted by molar-refractivity contribution is 0.390. The molecule has 1 aromatic heterocycles. The van der Waals surface area contributed by atoms with Crippen LogP contribution in [0.25, 0.3) is 0 Å². The summed E-state index contributed by atoms with van der Waals surface area (Å²) in [4.78, 5) is 9.25. The lowest BCUT2D eigenvalue weighted by Gasteiger charge is -2.27. The van der Waals surface area contributed by atoms with Gasteiger partial charge in [0.15, 0.2) is 15.8 Å². The summed E-state index contributed by atoms with van der Waals surface area (Å²) in [5.74, 6) is 3.45. The van der Waals surface area contributed by atoms with Crippen molar-refractivity contribution in [3.63, 3.8) is 0 Å². The second kappa shape index (κ2) is 7.77. The Morgan fingerprint density at radius 3 is 2.70 bits per heavy atom. The highest BCUT2D eigenvalue weighted by molar-refractivity contribution is 7.91. The number of sulfone groups is 1. The fourth-order valence-corrected chi connectivity index (χ4v) is 6.23. The maximum atomic E-state index is 11.7. The summed E-state index contributed by atoms with van der Waals surface area (Å²) < 4.78 is 25.4. The van der Waals surface area contributed by atoms with Gasteiger partial charge in [-0.05, 0) is 38.5 Å². The van der Waals surface area contributed by atoms with E-state index in [1.807, 2.05) is 11.6 Å². The van der Waals surface area contributed by atoms with Crippen LogP contribution in [0.3, 0.4) is 0 Å². The summed E-state index contributed by atoms with van der Waals surface area (Å²) in [5.41, 5.74) is 0. The van der Waals surface area contributed by atoms with Crippen molar-refractivity contribution in [2.24, 2.45) is 10.9 Å². The van der Waals surface area contributed by atoms with Gasteiger partial charge in [0.25, 0.3) is 0 Å². The van der Waals surface area contributed by atoms with Gasteiger partial charge in [-0.15, -0.1) is 0 Å².